The molecule has 14 heavy (non-hydrogen) atoms. The Hall–Kier alpha value is -0.0800. The van der Waals surface area contributed by atoms with E-state index in [1.165, 1.54) is 19.3 Å². The summed E-state index contributed by atoms with van der Waals surface area (Å²) in [4.78, 5) is 0. The Bertz CT molecular complexity index is 232. The number of nitrogens with two attached hydrogens (primary N) is 1. The maximum atomic E-state index is 10.3. The van der Waals surface area contributed by atoms with Crippen LogP contribution in [0.25, 0.3) is 0 Å². The zero-order valence-electron chi connectivity index (χ0n) is 9.59. The van der Waals surface area contributed by atoms with Gasteiger partial charge in [0.2, 0.25) is 0 Å². The van der Waals surface area contributed by atoms with Crippen molar-refractivity contribution < 1.29 is 5.11 Å². The number of rotatable bonds is 2. The first kappa shape index (κ1) is 10.4. The van der Waals surface area contributed by atoms with Gasteiger partial charge in [0.1, 0.15) is 0 Å². The van der Waals surface area contributed by atoms with Crippen LogP contribution in [0.3, 0.4) is 0 Å². The molecule has 0 aromatic rings. The average molecular weight is 197 g/mol. The molecule has 0 radical (unpaired) electrons. The van der Waals surface area contributed by atoms with E-state index < -0.39 is 5.60 Å². The van der Waals surface area contributed by atoms with Gasteiger partial charge in [-0.05, 0) is 49.4 Å². The van der Waals surface area contributed by atoms with Crippen LogP contribution < -0.4 is 5.73 Å². The van der Waals surface area contributed by atoms with Gasteiger partial charge in [-0.3, -0.25) is 0 Å². The molecule has 0 spiro atoms. The molecular formula is C12H23NO. The van der Waals surface area contributed by atoms with Gasteiger partial charge in [0.05, 0.1) is 5.60 Å². The van der Waals surface area contributed by atoms with Crippen LogP contribution in [0.15, 0.2) is 0 Å². The van der Waals surface area contributed by atoms with Gasteiger partial charge < -0.3 is 10.8 Å². The van der Waals surface area contributed by atoms with Crippen molar-refractivity contribution in [2.75, 3.05) is 6.54 Å². The predicted molar refractivity (Wildman–Crippen MR) is 57.8 cm³/mol. The minimum Gasteiger partial charge on any atom is -0.389 e. The summed E-state index contributed by atoms with van der Waals surface area (Å²) in [5.74, 6) is 2.02. The molecule has 0 heterocycles. The molecule has 3 fully saturated rings. The Morgan fingerprint density at radius 2 is 2.07 bits per heavy atom. The largest absolute Gasteiger partial charge is 0.389 e. The second-order valence-corrected chi connectivity index (χ2v) is 6.11. The number of aliphatic hydroxyl groups is 1. The van der Waals surface area contributed by atoms with Crippen molar-refractivity contribution >= 4 is 0 Å². The third-order valence-corrected chi connectivity index (χ3v) is 5.07. The first-order valence-corrected chi connectivity index (χ1v) is 5.82. The molecule has 0 aliphatic heterocycles. The van der Waals surface area contributed by atoms with Gasteiger partial charge in [-0.1, -0.05) is 13.8 Å². The standard InChI is InChI=1S/C12H23NO/c1-11(2)8-4-5-9(10(11)6-8)12(3,14)7-13/h8-10,14H,4-7,13H2,1-3H3. The second-order valence-electron chi connectivity index (χ2n) is 6.11. The van der Waals surface area contributed by atoms with E-state index in [-0.39, 0.29) is 0 Å². The van der Waals surface area contributed by atoms with Crippen LogP contribution in [0, 0.1) is 23.2 Å². The molecule has 0 aromatic heterocycles. The lowest BCUT2D eigenvalue weighted by Crippen LogP contribution is -2.59. The van der Waals surface area contributed by atoms with Crippen LogP contribution in [-0.2, 0) is 0 Å². The summed E-state index contributed by atoms with van der Waals surface area (Å²) < 4.78 is 0. The van der Waals surface area contributed by atoms with Crippen molar-refractivity contribution in [2.24, 2.45) is 28.9 Å². The highest BCUT2D eigenvalue weighted by molar-refractivity contribution is 5.07. The second kappa shape index (κ2) is 2.96. The summed E-state index contributed by atoms with van der Waals surface area (Å²) in [6, 6.07) is 0. The minimum absolute atomic E-state index is 0.398. The summed E-state index contributed by atoms with van der Waals surface area (Å²) in [5.41, 5.74) is 5.46. The summed E-state index contributed by atoms with van der Waals surface area (Å²) in [5, 5.41) is 10.3. The van der Waals surface area contributed by atoms with E-state index in [1.807, 2.05) is 6.92 Å². The van der Waals surface area contributed by atoms with Crippen molar-refractivity contribution in [1.82, 2.24) is 0 Å². The van der Waals surface area contributed by atoms with Crippen molar-refractivity contribution in [3.8, 4) is 0 Å². The van der Waals surface area contributed by atoms with E-state index in [0.717, 1.165) is 5.92 Å². The molecule has 3 saturated carbocycles. The SMILES string of the molecule is CC(O)(CN)C1CCC2CC1C2(C)C. The molecule has 82 valence electrons. The van der Waals surface area contributed by atoms with E-state index >= 15 is 0 Å². The average Bonchev–Trinajstić information content (AvgIpc) is 2.17. The van der Waals surface area contributed by atoms with Crippen molar-refractivity contribution in [2.45, 2.75) is 45.6 Å². The molecule has 2 nitrogen and oxygen atoms in total. The van der Waals surface area contributed by atoms with Crippen molar-refractivity contribution in [1.29, 1.82) is 0 Å². The van der Waals surface area contributed by atoms with E-state index in [1.54, 1.807) is 0 Å². The molecule has 0 saturated heterocycles. The zero-order valence-corrected chi connectivity index (χ0v) is 9.59. The van der Waals surface area contributed by atoms with E-state index in [0.29, 0.717) is 23.8 Å². The number of hydrogen-bond acceptors (Lipinski definition) is 2. The van der Waals surface area contributed by atoms with Crippen molar-refractivity contribution in [3.05, 3.63) is 0 Å². The van der Waals surface area contributed by atoms with Crippen LogP contribution in [0.1, 0.15) is 40.0 Å². The van der Waals surface area contributed by atoms with Gasteiger partial charge in [0.15, 0.2) is 0 Å². The van der Waals surface area contributed by atoms with Gasteiger partial charge in [-0.25, -0.2) is 0 Å². The molecule has 0 amide bonds. The lowest BCUT2D eigenvalue weighted by atomic mass is 9.43. The Kier molecular flexibility index (Phi) is 2.20. The topological polar surface area (TPSA) is 46.2 Å². The fraction of sp³-hybridized carbons (Fsp3) is 1.00. The Morgan fingerprint density at radius 3 is 2.50 bits per heavy atom. The molecule has 0 aromatic carbocycles. The quantitative estimate of drug-likeness (QED) is 0.708. The molecule has 3 aliphatic carbocycles. The molecule has 3 rings (SSSR count). The number of hydrogen-bond donors (Lipinski definition) is 2. The van der Waals surface area contributed by atoms with Crippen LogP contribution in [0.4, 0.5) is 0 Å². The normalized spacial score (nSPS) is 43.9. The van der Waals surface area contributed by atoms with Gasteiger partial charge in [0.25, 0.3) is 0 Å². The number of fused-ring (bicyclic) bond motifs is 2. The van der Waals surface area contributed by atoms with Crippen LogP contribution in [-0.4, -0.2) is 17.3 Å². The lowest BCUT2D eigenvalue weighted by molar-refractivity contribution is -0.164. The highest BCUT2D eigenvalue weighted by Gasteiger charge is 2.57. The molecule has 3 aliphatic rings. The van der Waals surface area contributed by atoms with E-state index in [9.17, 15) is 5.11 Å². The lowest BCUT2D eigenvalue weighted by Gasteiger charge is -2.62. The van der Waals surface area contributed by atoms with Crippen LogP contribution >= 0.6 is 0 Å². The van der Waals surface area contributed by atoms with E-state index in [4.69, 9.17) is 5.73 Å². The first-order chi connectivity index (χ1) is 6.39. The van der Waals surface area contributed by atoms with Crippen molar-refractivity contribution in [3.63, 3.8) is 0 Å². The van der Waals surface area contributed by atoms with Gasteiger partial charge in [-0.15, -0.1) is 0 Å². The molecule has 2 heteroatoms. The maximum Gasteiger partial charge on any atom is 0.0772 e. The minimum atomic E-state index is -0.646. The summed E-state index contributed by atoms with van der Waals surface area (Å²) >= 11 is 0. The smallest absolute Gasteiger partial charge is 0.0772 e. The fourth-order valence-electron chi connectivity index (χ4n) is 3.71. The molecule has 4 unspecified atom stereocenters. The monoisotopic (exact) mass is 197 g/mol. The highest BCUT2D eigenvalue weighted by Crippen LogP contribution is 2.63. The summed E-state index contributed by atoms with van der Waals surface area (Å²) in [6.07, 6.45) is 3.76. The Labute approximate surface area is 86.9 Å². The third kappa shape index (κ3) is 1.24. The maximum absolute atomic E-state index is 10.3. The molecule has 4 atom stereocenters. The van der Waals surface area contributed by atoms with Gasteiger partial charge >= 0.3 is 0 Å². The Balaban J connectivity index is 2.15. The molecule has 3 N–H and O–H groups in total. The van der Waals surface area contributed by atoms with Gasteiger partial charge in [-0.2, -0.15) is 0 Å². The summed E-state index contributed by atoms with van der Waals surface area (Å²) in [7, 11) is 0. The Morgan fingerprint density at radius 1 is 1.43 bits per heavy atom. The summed E-state index contributed by atoms with van der Waals surface area (Å²) in [6.45, 7) is 7.01. The highest BCUT2D eigenvalue weighted by atomic mass is 16.3. The van der Waals surface area contributed by atoms with Crippen LogP contribution in [0.5, 0.6) is 0 Å². The predicted octanol–water partition coefficient (Wildman–Crippen LogP) is 1.77. The third-order valence-electron chi connectivity index (χ3n) is 5.07. The molecular weight excluding hydrogens is 174 g/mol. The van der Waals surface area contributed by atoms with Crippen LogP contribution in [0.2, 0.25) is 0 Å². The molecule has 2 bridgehead atoms. The zero-order chi connectivity index (χ0) is 10.6. The fourth-order valence-corrected chi connectivity index (χ4v) is 3.71. The first-order valence-electron chi connectivity index (χ1n) is 5.82. The van der Waals surface area contributed by atoms with E-state index in [2.05, 4.69) is 13.8 Å². The van der Waals surface area contributed by atoms with Gasteiger partial charge in [0, 0.05) is 6.54 Å².